The molecular formula is C17H19ClF3N3O3S. The van der Waals surface area contributed by atoms with Gasteiger partial charge in [0.25, 0.3) is 0 Å². The van der Waals surface area contributed by atoms with Crippen molar-refractivity contribution in [1.82, 2.24) is 14.5 Å². The van der Waals surface area contributed by atoms with Crippen molar-refractivity contribution < 1.29 is 26.3 Å². The topological polar surface area (TPSA) is 73.2 Å². The Bertz CT molecular complexity index is 974. The number of halogens is 4. The largest absolute Gasteiger partial charge is 0.495 e. The Hall–Kier alpha value is -1.78. The van der Waals surface area contributed by atoms with Gasteiger partial charge in [0.05, 0.1) is 13.7 Å². The lowest BCUT2D eigenvalue weighted by atomic mass is 9.95. The maximum Gasteiger partial charge on any atom is 0.435 e. The van der Waals surface area contributed by atoms with Crippen molar-refractivity contribution in [1.29, 1.82) is 0 Å². The first-order valence-corrected chi connectivity index (χ1v) is 10.5. The molecule has 0 aliphatic heterocycles. The van der Waals surface area contributed by atoms with Crippen LogP contribution < -0.4 is 9.46 Å². The first-order chi connectivity index (χ1) is 13.1. The van der Waals surface area contributed by atoms with Gasteiger partial charge in [0.1, 0.15) is 10.6 Å². The molecule has 28 heavy (non-hydrogen) atoms. The Kier molecular flexibility index (Phi) is 5.92. The van der Waals surface area contributed by atoms with E-state index in [1.165, 1.54) is 30.0 Å². The molecule has 2 aromatic rings. The van der Waals surface area contributed by atoms with Gasteiger partial charge in [-0.1, -0.05) is 11.6 Å². The number of aromatic nitrogens is 2. The average Bonchev–Trinajstić information content (AvgIpc) is 3.01. The third-order valence-electron chi connectivity index (χ3n) is 4.56. The van der Waals surface area contributed by atoms with Crippen molar-refractivity contribution in [2.45, 2.75) is 43.3 Å². The van der Waals surface area contributed by atoms with Crippen molar-refractivity contribution in [3.05, 3.63) is 40.2 Å². The number of hydrogen-bond acceptors (Lipinski definition) is 4. The summed E-state index contributed by atoms with van der Waals surface area (Å²) in [6.07, 6.45) is -2.24. The van der Waals surface area contributed by atoms with Crippen LogP contribution in [-0.2, 0) is 35.6 Å². The second kappa shape index (κ2) is 7.92. The Balaban J connectivity index is 1.79. The molecule has 0 radical (unpaired) electrons. The minimum Gasteiger partial charge on any atom is -0.495 e. The summed E-state index contributed by atoms with van der Waals surface area (Å²) in [7, 11) is -2.63. The van der Waals surface area contributed by atoms with Crippen molar-refractivity contribution >= 4 is 21.6 Å². The Morgan fingerprint density at radius 1 is 1.29 bits per heavy atom. The molecule has 0 unspecified atom stereocenters. The van der Waals surface area contributed by atoms with Gasteiger partial charge in [-0.25, -0.2) is 13.1 Å². The van der Waals surface area contributed by atoms with Crippen LogP contribution in [0.2, 0.25) is 5.02 Å². The van der Waals surface area contributed by atoms with Crippen LogP contribution >= 0.6 is 11.6 Å². The van der Waals surface area contributed by atoms with Crippen LogP contribution in [0.5, 0.6) is 5.75 Å². The van der Waals surface area contributed by atoms with Crippen molar-refractivity contribution in [2.75, 3.05) is 13.7 Å². The lowest BCUT2D eigenvalue weighted by Gasteiger charge is -2.15. The van der Waals surface area contributed by atoms with Crippen LogP contribution in [0.3, 0.4) is 0 Å². The van der Waals surface area contributed by atoms with Crippen molar-refractivity contribution in [3.63, 3.8) is 0 Å². The molecule has 1 N–H and O–H groups in total. The van der Waals surface area contributed by atoms with E-state index < -0.39 is 21.9 Å². The van der Waals surface area contributed by atoms with E-state index in [-0.39, 0.29) is 34.3 Å². The standard InChI is InChI=1S/C17H19ClF3N3O3S/c1-27-14-7-6-11(18)10-15(14)28(25,26)22-8-9-24-13-5-3-2-4-12(13)16(23-24)17(19,20)21/h6-7,10,22H,2-5,8-9H2,1H3. The molecule has 0 fully saturated rings. The zero-order valence-electron chi connectivity index (χ0n) is 15.0. The fourth-order valence-corrected chi connectivity index (χ4v) is 4.76. The smallest absolute Gasteiger partial charge is 0.435 e. The first-order valence-electron chi connectivity index (χ1n) is 8.62. The number of hydrogen-bond donors (Lipinski definition) is 1. The molecule has 1 aliphatic rings. The normalized spacial score (nSPS) is 14.8. The summed E-state index contributed by atoms with van der Waals surface area (Å²) in [5.74, 6) is 0.118. The minimum atomic E-state index is -4.53. The second-order valence-corrected chi connectivity index (χ2v) is 8.57. The van der Waals surface area contributed by atoms with Gasteiger partial charge in [-0.05, 0) is 43.9 Å². The third-order valence-corrected chi connectivity index (χ3v) is 6.27. The molecule has 0 amide bonds. The highest BCUT2D eigenvalue weighted by molar-refractivity contribution is 7.89. The van der Waals surface area contributed by atoms with Gasteiger partial charge >= 0.3 is 6.18 Å². The monoisotopic (exact) mass is 437 g/mol. The summed E-state index contributed by atoms with van der Waals surface area (Å²) in [6.45, 7) is -0.135. The summed E-state index contributed by atoms with van der Waals surface area (Å²) < 4.78 is 73.5. The van der Waals surface area contributed by atoms with E-state index in [0.717, 1.165) is 6.42 Å². The zero-order chi connectivity index (χ0) is 20.5. The van der Waals surface area contributed by atoms with Gasteiger partial charge in [-0.15, -0.1) is 0 Å². The lowest BCUT2D eigenvalue weighted by molar-refractivity contribution is -0.142. The number of alkyl halides is 3. The Morgan fingerprint density at radius 2 is 2.00 bits per heavy atom. The molecular weight excluding hydrogens is 419 g/mol. The first kappa shape index (κ1) is 20.9. The van der Waals surface area contributed by atoms with E-state index in [0.29, 0.717) is 25.0 Å². The van der Waals surface area contributed by atoms with Crippen molar-refractivity contribution in [3.8, 4) is 5.75 Å². The number of benzene rings is 1. The highest BCUT2D eigenvalue weighted by atomic mass is 35.5. The summed E-state index contributed by atoms with van der Waals surface area (Å²) in [5, 5.41) is 3.93. The molecule has 0 saturated carbocycles. The average molecular weight is 438 g/mol. The fraction of sp³-hybridized carbons (Fsp3) is 0.471. The van der Waals surface area contributed by atoms with Crippen LogP contribution in [0, 0.1) is 0 Å². The minimum absolute atomic E-state index is 0.0134. The van der Waals surface area contributed by atoms with E-state index in [1.807, 2.05) is 0 Å². The number of nitrogens with one attached hydrogen (secondary N) is 1. The number of methoxy groups -OCH3 is 1. The molecule has 0 atom stereocenters. The number of nitrogens with zero attached hydrogens (tertiary/aromatic N) is 2. The molecule has 1 aliphatic carbocycles. The SMILES string of the molecule is COc1ccc(Cl)cc1S(=O)(=O)NCCn1nc(C(F)(F)F)c2c1CCCC2. The second-order valence-electron chi connectivity index (χ2n) is 6.39. The Labute approximate surface area is 165 Å². The van der Waals surface area contributed by atoms with Crippen LogP contribution in [0.4, 0.5) is 13.2 Å². The lowest BCUT2D eigenvalue weighted by Crippen LogP contribution is -2.28. The molecule has 154 valence electrons. The van der Waals surface area contributed by atoms with Gasteiger partial charge in [-0.3, -0.25) is 4.68 Å². The number of ether oxygens (including phenoxy) is 1. The van der Waals surface area contributed by atoms with Crippen molar-refractivity contribution in [2.24, 2.45) is 0 Å². The third kappa shape index (κ3) is 4.28. The predicted octanol–water partition coefficient (Wildman–Crippen LogP) is 3.42. The molecule has 0 saturated heterocycles. The predicted molar refractivity (Wildman–Crippen MR) is 97.1 cm³/mol. The summed E-state index contributed by atoms with van der Waals surface area (Å²) in [6, 6.07) is 4.17. The Morgan fingerprint density at radius 3 is 2.68 bits per heavy atom. The van der Waals surface area contributed by atoms with Crippen LogP contribution in [0.25, 0.3) is 0 Å². The van der Waals surface area contributed by atoms with Crippen LogP contribution in [0.15, 0.2) is 23.1 Å². The van der Waals surface area contributed by atoms with Gasteiger partial charge < -0.3 is 4.74 Å². The molecule has 1 aromatic carbocycles. The fourth-order valence-electron chi connectivity index (χ4n) is 3.31. The van der Waals surface area contributed by atoms with Crippen LogP contribution in [-0.4, -0.2) is 31.9 Å². The summed E-state index contributed by atoms with van der Waals surface area (Å²) in [4.78, 5) is -0.138. The van der Waals surface area contributed by atoms with Gasteiger partial charge in [0.2, 0.25) is 10.0 Å². The number of sulfonamides is 1. The van der Waals surface area contributed by atoms with Gasteiger partial charge in [0, 0.05) is 22.8 Å². The van der Waals surface area contributed by atoms with E-state index in [9.17, 15) is 21.6 Å². The molecule has 1 heterocycles. The quantitative estimate of drug-likeness (QED) is 0.751. The molecule has 3 rings (SSSR count). The van der Waals surface area contributed by atoms with E-state index >= 15 is 0 Å². The maximum absolute atomic E-state index is 13.2. The summed E-state index contributed by atoms with van der Waals surface area (Å²) in [5.41, 5.74) is -0.127. The molecule has 0 spiro atoms. The highest BCUT2D eigenvalue weighted by Crippen LogP contribution is 2.35. The highest BCUT2D eigenvalue weighted by Gasteiger charge is 2.39. The molecule has 11 heteroatoms. The summed E-state index contributed by atoms with van der Waals surface area (Å²) >= 11 is 5.87. The van der Waals surface area contributed by atoms with E-state index in [4.69, 9.17) is 16.3 Å². The van der Waals surface area contributed by atoms with E-state index in [1.54, 1.807) is 0 Å². The van der Waals surface area contributed by atoms with E-state index in [2.05, 4.69) is 9.82 Å². The molecule has 1 aromatic heterocycles. The van der Waals surface area contributed by atoms with Gasteiger partial charge in [-0.2, -0.15) is 18.3 Å². The van der Waals surface area contributed by atoms with Crippen LogP contribution in [0.1, 0.15) is 29.8 Å². The zero-order valence-corrected chi connectivity index (χ0v) is 16.6. The maximum atomic E-state index is 13.2. The van der Waals surface area contributed by atoms with Gasteiger partial charge in [0.15, 0.2) is 5.69 Å². The number of rotatable bonds is 6. The molecule has 6 nitrogen and oxygen atoms in total. The molecule has 0 bridgehead atoms. The number of fused-ring (bicyclic) bond motifs is 1.